The molecule has 0 fully saturated rings. The van der Waals surface area contributed by atoms with Crippen molar-refractivity contribution in [1.29, 1.82) is 0 Å². The first-order valence-electron chi connectivity index (χ1n) is 6.34. The van der Waals surface area contributed by atoms with Gasteiger partial charge in [0.2, 0.25) is 0 Å². The van der Waals surface area contributed by atoms with Gasteiger partial charge in [-0.3, -0.25) is 0 Å². The van der Waals surface area contributed by atoms with Crippen molar-refractivity contribution in [2.45, 2.75) is 13.1 Å². The average molecular weight is 355 g/mol. The Balaban J connectivity index is 1.58. The second-order valence-corrected chi connectivity index (χ2v) is 7.21. The summed E-state index contributed by atoms with van der Waals surface area (Å²) in [6.45, 7) is 1.43. The van der Waals surface area contributed by atoms with Crippen LogP contribution in [0, 0.1) is 0 Å². The molecular formula is C15H12Cl2N2S2. The summed E-state index contributed by atoms with van der Waals surface area (Å²) in [6, 6.07) is 7.67. The molecule has 21 heavy (non-hydrogen) atoms. The van der Waals surface area contributed by atoms with E-state index < -0.39 is 0 Å². The van der Waals surface area contributed by atoms with E-state index in [1.165, 1.54) is 10.4 Å². The maximum Gasteiger partial charge on any atom is 0.107 e. The van der Waals surface area contributed by atoms with Crippen LogP contribution in [-0.2, 0) is 13.1 Å². The number of rotatable bonds is 5. The third-order valence-corrected chi connectivity index (χ3v) is 5.28. The smallest absolute Gasteiger partial charge is 0.107 e. The molecule has 0 aliphatic carbocycles. The van der Waals surface area contributed by atoms with Crippen molar-refractivity contribution in [3.8, 4) is 10.4 Å². The van der Waals surface area contributed by atoms with E-state index in [4.69, 9.17) is 23.2 Å². The van der Waals surface area contributed by atoms with Gasteiger partial charge in [-0.15, -0.1) is 11.3 Å². The van der Waals surface area contributed by atoms with Crippen LogP contribution < -0.4 is 5.32 Å². The van der Waals surface area contributed by atoms with Crippen molar-refractivity contribution in [2.75, 3.05) is 0 Å². The maximum absolute atomic E-state index is 6.15. The summed E-state index contributed by atoms with van der Waals surface area (Å²) in [5, 5.41) is 9.99. The monoisotopic (exact) mass is 354 g/mol. The van der Waals surface area contributed by atoms with Gasteiger partial charge >= 0.3 is 0 Å². The quantitative estimate of drug-likeness (QED) is 0.657. The Hall–Kier alpha value is -0.910. The standard InChI is InChI=1S/C15H12Cl2N2S2/c16-12-2-1-10(13(17)5-12)6-18-8-15-19-7-14(21-15)11-3-4-20-9-11/h1-5,7,9,18H,6,8H2. The zero-order valence-corrected chi connectivity index (χ0v) is 14.1. The second-order valence-electron chi connectivity index (χ2n) is 4.47. The third-order valence-electron chi connectivity index (χ3n) is 2.97. The minimum atomic E-state index is 0.657. The van der Waals surface area contributed by atoms with Crippen molar-refractivity contribution < 1.29 is 0 Å². The van der Waals surface area contributed by atoms with E-state index >= 15 is 0 Å². The van der Waals surface area contributed by atoms with Crippen LogP contribution in [0.3, 0.4) is 0 Å². The van der Waals surface area contributed by atoms with Crippen LogP contribution in [0.5, 0.6) is 0 Å². The summed E-state index contributed by atoms with van der Waals surface area (Å²) in [4.78, 5) is 5.65. The number of thiazole rings is 1. The maximum atomic E-state index is 6.15. The predicted octanol–water partition coefficient (Wildman–Crippen LogP) is 5.47. The molecule has 0 bridgehead atoms. The number of nitrogens with zero attached hydrogens (tertiary/aromatic N) is 1. The first kappa shape index (κ1) is 15.0. The Morgan fingerprint density at radius 2 is 2.05 bits per heavy atom. The lowest BCUT2D eigenvalue weighted by Crippen LogP contribution is -2.12. The third kappa shape index (κ3) is 3.84. The Labute approximate surface area is 141 Å². The molecule has 1 N–H and O–H groups in total. The number of thiophene rings is 1. The Morgan fingerprint density at radius 1 is 1.14 bits per heavy atom. The Kier molecular flexibility index (Phi) is 4.93. The molecule has 0 aliphatic rings. The molecule has 0 atom stereocenters. The summed E-state index contributed by atoms with van der Waals surface area (Å²) in [6.07, 6.45) is 1.93. The minimum Gasteiger partial charge on any atom is -0.306 e. The number of hydrogen-bond acceptors (Lipinski definition) is 4. The molecule has 1 aromatic carbocycles. The summed E-state index contributed by atoms with van der Waals surface area (Å²) in [5.41, 5.74) is 2.28. The van der Waals surface area contributed by atoms with Gasteiger partial charge < -0.3 is 5.32 Å². The first-order chi connectivity index (χ1) is 10.2. The molecule has 6 heteroatoms. The van der Waals surface area contributed by atoms with Crippen LogP contribution in [0.2, 0.25) is 10.0 Å². The number of aromatic nitrogens is 1. The van der Waals surface area contributed by atoms with Gasteiger partial charge in [0.25, 0.3) is 0 Å². The molecule has 2 heterocycles. The fourth-order valence-electron chi connectivity index (χ4n) is 1.90. The molecule has 3 rings (SSSR count). The number of hydrogen-bond donors (Lipinski definition) is 1. The van der Waals surface area contributed by atoms with Crippen LogP contribution in [0.1, 0.15) is 10.6 Å². The lowest BCUT2D eigenvalue weighted by atomic mass is 10.2. The van der Waals surface area contributed by atoms with Crippen molar-refractivity contribution in [1.82, 2.24) is 10.3 Å². The normalized spacial score (nSPS) is 11.0. The number of benzene rings is 1. The van der Waals surface area contributed by atoms with E-state index in [0.29, 0.717) is 16.6 Å². The highest BCUT2D eigenvalue weighted by Crippen LogP contribution is 2.28. The fraction of sp³-hybridized carbons (Fsp3) is 0.133. The summed E-state index contributed by atoms with van der Waals surface area (Å²) in [5.74, 6) is 0. The van der Waals surface area contributed by atoms with E-state index in [1.807, 2.05) is 18.3 Å². The predicted molar refractivity (Wildman–Crippen MR) is 92.4 cm³/mol. The highest BCUT2D eigenvalue weighted by Gasteiger charge is 2.05. The Morgan fingerprint density at radius 3 is 2.81 bits per heavy atom. The van der Waals surface area contributed by atoms with Crippen LogP contribution in [0.25, 0.3) is 10.4 Å². The summed E-state index contributed by atoms with van der Waals surface area (Å²) >= 11 is 15.4. The fourth-order valence-corrected chi connectivity index (χ4v) is 3.99. The van der Waals surface area contributed by atoms with E-state index in [1.54, 1.807) is 28.7 Å². The molecule has 108 valence electrons. The van der Waals surface area contributed by atoms with Crippen LogP contribution in [0.4, 0.5) is 0 Å². The molecule has 2 nitrogen and oxygen atoms in total. The largest absolute Gasteiger partial charge is 0.306 e. The molecule has 0 radical (unpaired) electrons. The number of halogens is 2. The van der Waals surface area contributed by atoms with E-state index in [-0.39, 0.29) is 0 Å². The van der Waals surface area contributed by atoms with Crippen molar-refractivity contribution >= 4 is 45.9 Å². The van der Waals surface area contributed by atoms with Crippen molar-refractivity contribution in [3.63, 3.8) is 0 Å². The van der Waals surface area contributed by atoms with Gasteiger partial charge in [0.15, 0.2) is 0 Å². The minimum absolute atomic E-state index is 0.657. The molecule has 3 aromatic rings. The molecule has 0 spiro atoms. The average Bonchev–Trinajstić information content (AvgIpc) is 3.11. The lowest BCUT2D eigenvalue weighted by Gasteiger charge is -2.05. The van der Waals surface area contributed by atoms with E-state index in [2.05, 4.69) is 27.1 Å². The van der Waals surface area contributed by atoms with Crippen LogP contribution >= 0.6 is 45.9 Å². The second kappa shape index (κ2) is 6.90. The first-order valence-corrected chi connectivity index (χ1v) is 8.86. The van der Waals surface area contributed by atoms with Gasteiger partial charge in [-0.1, -0.05) is 29.3 Å². The van der Waals surface area contributed by atoms with E-state index in [0.717, 1.165) is 17.1 Å². The molecule has 0 aliphatic heterocycles. The number of nitrogens with one attached hydrogen (secondary N) is 1. The zero-order valence-electron chi connectivity index (χ0n) is 11.0. The zero-order chi connectivity index (χ0) is 14.7. The van der Waals surface area contributed by atoms with Crippen molar-refractivity contribution in [2.24, 2.45) is 0 Å². The molecule has 0 amide bonds. The van der Waals surface area contributed by atoms with Gasteiger partial charge in [0.05, 0.1) is 4.88 Å². The molecule has 0 saturated heterocycles. The molecular weight excluding hydrogens is 343 g/mol. The molecule has 0 saturated carbocycles. The van der Waals surface area contributed by atoms with Crippen LogP contribution in [0.15, 0.2) is 41.2 Å². The SMILES string of the molecule is Clc1ccc(CNCc2ncc(-c3ccsc3)s2)c(Cl)c1. The molecule has 2 aromatic heterocycles. The highest BCUT2D eigenvalue weighted by molar-refractivity contribution is 7.15. The van der Waals surface area contributed by atoms with Gasteiger partial charge in [-0.05, 0) is 34.5 Å². The van der Waals surface area contributed by atoms with E-state index in [9.17, 15) is 0 Å². The van der Waals surface area contributed by atoms with Gasteiger partial charge in [0.1, 0.15) is 5.01 Å². The molecule has 0 unspecified atom stereocenters. The van der Waals surface area contributed by atoms with Gasteiger partial charge in [-0.2, -0.15) is 11.3 Å². The Bertz CT molecular complexity index is 723. The lowest BCUT2D eigenvalue weighted by molar-refractivity contribution is 0.690. The van der Waals surface area contributed by atoms with Crippen molar-refractivity contribution in [3.05, 3.63) is 61.8 Å². The summed E-state index contributed by atoms with van der Waals surface area (Å²) in [7, 11) is 0. The summed E-state index contributed by atoms with van der Waals surface area (Å²) < 4.78 is 0. The highest BCUT2D eigenvalue weighted by atomic mass is 35.5. The topological polar surface area (TPSA) is 24.9 Å². The van der Waals surface area contributed by atoms with Gasteiger partial charge in [0, 0.05) is 34.9 Å². The van der Waals surface area contributed by atoms with Crippen LogP contribution in [-0.4, -0.2) is 4.98 Å². The van der Waals surface area contributed by atoms with Gasteiger partial charge in [-0.25, -0.2) is 4.98 Å².